The molecule has 0 saturated carbocycles. The minimum absolute atomic E-state index is 0.209. The van der Waals surface area contributed by atoms with Crippen molar-refractivity contribution >= 4 is 10.8 Å². The van der Waals surface area contributed by atoms with E-state index < -0.39 is 6.36 Å². The van der Waals surface area contributed by atoms with Gasteiger partial charge < -0.3 is 9.47 Å². The van der Waals surface area contributed by atoms with E-state index in [9.17, 15) is 17.6 Å². The summed E-state index contributed by atoms with van der Waals surface area (Å²) in [4.78, 5) is 0. The third kappa shape index (κ3) is 7.54. The maximum Gasteiger partial charge on any atom is 0.573 e. The second-order valence-corrected chi connectivity index (χ2v) is 9.31. The maximum atomic E-state index is 15.2. The molecule has 0 aliphatic heterocycles. The Morgan fingerprint density at radius 1 is 0.658 bits per heavy atom. The van der Waals surface area contributed by atoms with Gasteiger partial charge in [-0.15, -0.1) is 13.2 Å². The first-order valence-corrected chi connectivity index (χ1v) is 12.5. The second kappa shape index (κ2) is 12.4. The summed E-state index contributed by atoms with van der Waals surface area (Å²) in [6, 6.07) is 20.1. The molecule has 0 radical (unpaired) electrons. The van der Waals surface area contributed by atoms with Crippen LogP contribution in [0, 0.1) is 11.6 Å². The van der Waals surface area contributed by atoms with Crippen LogP contribution in [-0.2, 0) is 36.8 Å². The van der Waals surface area contributed by atoms with E-state index in [-0.39, 0.29) is 17.4 Å². The lowest BCUT2D eigenvalue weighted by Crippen LogP contribution is -2.17. The van der Waals surface area contributed by atoms with Gasteiger partial charge in [0.25, 0.3) is 0 Å². The molecule has 2 nitrogen and oxygen atoms in total. The Balaban J connectivity index is 1.37. The van der Waals surface area contributed by atoms with Crippen LogP contribution in [0.15, 0.2) is 72.8 Å². The fraction of sp³-hybridized carbons (Fsp3) is 0.290. The molecule has 38 heavy (non-hydrogen) atoms. The van der Waals surface area contributed by atoms with E-state index >= 15 is 4.39 Å². The Bertz CT molecular complexity index is 1360. The first-order chi connectivity index (χ1) is 18.2. The van der Waals surface area contributed by atoms with Crippen molar-refractivity contribution in [2.24, 2.45) is 0 Å². The number of rotatable bonds is 11. The second-order valence-electron chi connectivity index (χ2n) is 9.31. The highest BCUT2D eigenvalue weighted by atomic mass is 19.4. The van der Waals surface area contributed by atoms with Gasteiger partial charge in [-0.25, -0.2) is 8.78 Å². The van der Waals surface area contributed by atoms with Crippen LogP contribution in [0.5, 0.6) is 5.75 Å². The first kappa shape index (κ1) is 27.6. The Labute approximate surface area is 219 Å². The van der Waals surface area contributed by atoms with E-state index in [0.29, 0.717) is 48.8 Å². The van der Waals surface area contributed by atoms with Gasteiger partial charge in [-0.1, -0.05) is 54.6 Å². The minimum Gasteiger partial charge on any atom is -0.406 e. The number of benzene rings is 4. The third-order valence-corrected chi connectivity index (χ3v) is 6.55. The predicted molar refractivity (Wildman–Crippen MR) is 138 cm³/mol. The molecule has 0 unspecified atom stereocenters. The average molecular weight is 529 g/mol. The molecule has 4 aromatic rings. The summed E-state index contributed by atoms with van der Waals surface area (Å²) in [6.07, 6.45) is -1.06. The van der Waals surface area contributed by atoms with Crippen LogP contribution in [-0.4, -0.2) is 20.1 Å². The largest absolute Gasteiger partial charge is 0.573 e. The molecule has 0 aromatic heterocycles. The SMILES string of the molecule is COCCCc1ccc(CCc2ccc3c(F)c(CCc4ccc(OC(F)(F)F)cc4)ccc3c2)c(F)c1. The van der Waals surface area contributed by atoms with Crippen molar-refractivity contribution in [2.45, 2.75) is 44.9 Å². The van der Waals surface area contributed by atoms with Crippen LogP contribution < -0.4 is 4.74 Å². The number of ether oxygens (including phenoxy) is 2. The third-order valence-electron chi connectivity index (χ3n) is 6.55. The molecule has 4 rings (SSSR count). The summed E-state index contributed by atoms with van der Waals surface area (Å²) < 4.78 is 75.7. The van der Waals surface area contributed by atoms with Gasteiger partial charge in [0.1, 0.15) is 17.4 Å². The van der Waals surface area contributed by atoms with Gasteiger partial charge in [0.2, 0.25) is 0 Å². The first-order valence-electron chi connectivity index (χ1n) is 12.5. The van der Waals surface area contributed by atoms with Crippen molar-refractivity contribution < 1.29 is 31.4 Å². The fourth-order valence-electron chi connectivity index (χ4n) is 4.52. The summed E-state index contributed by atoms with van der Waals surface area (Å²) >= 11 is 0. The molecular formula is C31H29F5O2. The van der Waals surface area contributed by atoms with Crippen LogP contribution in [0.25, 0.3) is 10.8 Å². The lowest BCUT2D eigenvalue weighted by Gasteiger charge is -2.11. The lowest BCUT2D eigenvalue weighted by atomic mass is 9.97. The van der Waals surface area contributed by atoms with Crippen molar-refractivity contribution in [3.05, 3.63) is 112 Å². The molecule has 0 aliphatic carbocycles. The summed E-state index contributed by atoms with van der Waals surface area (Å²) in [6.45, 7) is 0.644. The summed E-state index contributed by atoms with van der Waals surface area (Å²) in [5.74, 6) is -0.799. The molecule has 0 bridgehead atoms. The smallest absolute Gasteiger partial charge is 0.406 e. The fourth-order valence-corrected chi connectivity index (χ4v) is 4.52. The monoisotopic (exact) mass is 528 g/mol. The number of halogens is 5. The molecule has 0 saturated heterocycles. The maximum absolute atomic E-state index is 15.2. The molecule has 4 aromatic carbocycles. The molecule has 0 atom stereocenters. The summed E-state index contributed by atoms with van der Waals surface area (Å²) in [5.41, 5.74) is 3.92. The molecule has 7 heteroatoms. The Morgan fingerprint density at radius 3 is 2.00 bits per heavy atom. The number of hydrogen-bond donors (Lipinski definition) is 0. The van der Waals surface area contributed by atoms with E-state index in [1.807, 2.05) is 30.3 Å². The van der Waals surface area contributed by atoms with E-state index in [2.05, 4.69) is 4.74 Å². The van der Waals surface area contributed by atoms with Crippen LogP contribution in [0.2, 0.25) is 0 Å². The van der Waals surface area contributed by atoms with E-state index in [1.165, 1.54) is 12.1 Å². The molecule has 200 valence electrons. The highest BCUT2D eigenvalue weighted by Crippen LogP contribution is 2.26. The van der Waals surface area contributed by atoms with Gasteiger partial charge in [-0.05, 0) is 89.9 Å². The molecule has 0 N–H and O–H groups in total. The van der Waals surface area contributed by atoms with Gasteiger partial charge in [-0.3, -0.25) is 0 Å². The number of methoxy groups -OCH3 is 1. The predicted octanol–water partition coefficient (Wildman–Crippen LogP) is 8.17. The number of hydrogen-bond acceptors (Lipinski definition) is 2. The van der Waals surface area contributed by atoms with Crippen molar-refractivity contribution in [1.82, 2.24) is 0 Å². The minimum atomic E-state index is -4.73. The summed E-state index contributed by atoms with van der Waals surface area (Å²) in [7, 11) is 1.65. The highest BCUT2D eigenvalue weighted by molar-refractivity contribution is 5.84. The van der Waals surface area contributed by atoms with E-state index in [4.69, 9.17) is 4.74 Å². The molecule has 0 spiro atoms. The van der Waals surface area contributed by atoms with Gasteiger partial charge >= 0.3 is 6.36 Å². The van der Waals surface area contributed by atoms with Crippen molar-refractivity contribution in [3.8, 4) is 5.75 Å². The average Bonchev–Trinajstić information content (AvgIpc) is 2.88. The molecule has 0 aliphatic rings. The van der Waals surface area contributed by atoms with Crippen LogP contribution >= 0.6 is 0 Å². The van der Waals surface area contributed by atoms with Gasteiger partial charge in [0.15, 0.2) is 0 Å². The normalized spacial score (nSPS) is 11.7. The van der Waals surface area contributed by atoms with Crippen molar-refractivity contribution in [3.63, 3.8) is 0 Å². The summed E-state index contributed by atoms with van der Waals surface area (Å²) in [5, 5.41) is 1.28. The number of fused-ring (bicyclic) bond motifs is 1. The lowest BCUT2D eigenvalue weighted by molar-refractivity contribution is -0.274. The zero-order chi connectivity index (χ0) is 27.1. The molecule has 0 heterocycles. The quantitative estimate of drug-likeness (QED) is 0.144. The number of alkyl halides is 3. The molecular weight excluding hydrogens is 499 g/mol. The Hall–Kier alpha value is -3.45. The zero-order valence-electron chi connectivity index (χ0n) is 21.1. The standard InChI is InChI=1S/C31H29F5O2/c1-37-18-2-3-22-5-10-24(29(32)20-22)11-6-23-9-17-28-26(19-23)14-13-25(30(28)33)12-4-21-7-15-27(16-8-21)38-31(34,35)36/h5,7-10,13-17,19-20H,2-4,6,11-12,18H2,1H3. The van der Waals surface area contributed by atoms with Crippen LogP contribution in [0.4, 0.5) is 22.0 Å². The van der Waals surface area contributed by atoms with E-state index in [1.54, 1.807) is 37.4 Å². The molecule has 0 amide bonds. The molecule has 0 fully saturated rings. The zero-order valence-corrected chi connectivity index (χ0v) is 21.1. The van der Waals surface area contributed by atoms with Gasteiger partial charge in [0, 0.05) is 19.1 Å². The Morgan fingerprint density at radius 2 is 1.29 bits per heavy atom. The van der Waals surface area contributed by atoms with Crippen LogP contribution in [0.1, 0.15) is 34.2 Å². The van der Waals surface area contributed by atoms with E-state index in [0.717, 1.165) is 34.9 Å². The van der Waals surface area contributed by atoms with Crippen molar-refractivity contribution in [1.29, 1.82) is 0 Å². The number of aryl methyl sites for hydroxylation is 5. The van der Waals surface area contributed by atoms with Crippen LogP contribution in [0.3, 0.4) is 0 Å². The van der Waals surface area contributed by atoms with Crippen molar-refractivity contribution in [2.75, 3.05) is 13.7 Å². The topological polar surface area (TPSA) is 18.5 Å². The Kier molecular flexibility index (Phi) is 9.00. The van der Waals surface area contributed by atoms with Gasteiger partial charge in [-0.2, -0.15) is 0 Å². The van der Waals surface area contributed by atoms with Gasteiger partial charge in [0.05, 0.1) is 0 Å². The highest BCUT2D eigenvalue weighted by Gasteiger charge is 2.30.